The Kier molecular flexibility index (Phi) is 5.83. The standard InChI is InChI=1S/C23H28O14S/c1-20-9-22(37-38(29,30)31)13-7-23(20,34-18-16(27)15(26)14(25)12(8-24)33-18)21(13,19(35-20)36-22)10-32-17(28)11-5-3-2-4-6-11/h2-6,12-16,18-19,24-27H,7-10H2,1H3,(H,29,30,31). The molecule has 4 aliphatic heterocycles. The van der Waals surface area contributed by atoms with Crippen molar-refractivity contribution >= 4 is 16.4 Å². The number of rotatable bonds is 8. The van der Waals surface area contributed by atoms with E-state index in [2.05, 4.69) is 0 Å². The summed E-state index contributed by atoms with van der Waals surface area (Å²) >= 11 is 0. The van der Waals surface area contributed by atoms with E-state index in [0.29, 0.717) is 0 Å². The molecular weight excluding hydrogens is 532 g/mol. The van der Waals surface area contributed by atoms with Crippen LogP contribution in [-0.4, -0.2) is 107 Å². The van der Waals surface area contributed by atoms with E-state index < -0.39 is 88.3 Å². The molecule has 38 heavy (non-hydrogen) atoms. The molecule has 210 valence electrons. The molecule has 11 unspecified atom stereocenters. The second-order valence-corrected chi connectivity index (χ2v) is 11.7. The van der Waals surface area contributed by atoms with E-state index in [4.69, 9.17) is 27.9 Å². The fraction of sp³-hybridized carbons (Fsp3) is 0.696. The smallest absolute Gasteiger partial charge is 0.400 e. The third-order valence-electron chi connectivity index (χ3n) is 8.79. The van der Waals surface area contributed by atoms with Crippen LogP contribution in [0.4, 0.5) is 0 Å². The topological polar surface area (TPSA) is 208 Å². The van der Waals surface area contributed by atoms with Crippen molar-refractivity contribution in [1.82, 2.24) is 0 Å². The van der Waals surface area contributed by atoms with Gasteiger partial charge < -0.3 is 44.1 Å². The molecule has 0 aromatic heterocycles. The molecule has 5 N–H and O–H groups in total. The Bertz CT molecular complexity index is 1230. The molecule has 0 spiro atoms. The van der Waals surface area contributed by atoms with E-state index in [1.54, 1.807) is 37.3 Å². The van der Waals surface area contributed by atoms with Crippen LogP contribution in [0.5, 0.6) is 0 Å². The van der Waals surface area contributed by atoms with Gasteiger partial charge in [-0.3, -0.25) is 4.55 Å². The second kappa shape index (κ2) is 8.37. The normalized spacial score (nSPS) is 48.6. The van der Waals surface area contributed by atoms with Gasteiger partial charge in [-0.1, -0.05) is 18.2 Å². The zero-order chi connectivity index (χ0) is 27.3. The Morgan fingerprint density at radius 2 is 1.82 bits per heavy atom. The lowest BCUT2D eigenvalue weighted by Gasteiger charge is -2.68. The zero-order valence-corrected chi connectivity index (χ0v) is 20.9. The molecule has 7 fully saturated rings. The first-order chi connectivity index (χ1) is 17.8. The highest BCUT2D eigenvalue weighted by molar-refractivity contribution is 7.80. The third-order valence-corrected chi connectivity index (χ3v) is 9.28. The average Bonchev–Trinajstić information content (AvgIpc) is 3.05. The molecule has 1 aromatic rings. The summed E-state index contributed by atoms with van der Waals surface area (Å²) in [6, 6.07) is 8.14. The lowest BCUT2D eigenvalue weighted by atomic mass is 9.41. The van der Waals surface area contributed by atoms with Gasteiger partial charge in [0.1, 0.15) is 42.2 Å². The van der Waals surface area contributed by atoms with E-state index in [1.807, 2.05) is 0 Å². The van der Waals surface area contributed by atoms with E-state index in [1.165, 1.54) is 0 Å². The van der Waals surface area contributed by atoms with E-state index in [0.717, 1.165) is 0 Å². The minimum atomic E-state index is -4.97. The van der Waals surface area contributed by atoms with Gasteiger partial charge in [-0.15, -0.1) is 0 Å². The molecular formula is C23H28O14S. The van der Waals surface area contributed by atoms with Crippen molar-refractivity contribution in [3.8, 4) is 0 Å². The van der Waals surface area contributed by atoms with E-state index in [-0.39, 0.29) is 25.0 Å². The van der Waals surface area contributed by atoms with Gasteiger partial charge >= 0.3 is 16.4 Å². The van der Waals surface area contributed by atoms with Crippen LogP contribution in [0, 0.1) is 11.3 Å². The predicted molar refractivity (Wildman–Crippen MR) is 119 cm³/mol. The molecule has 11 atom stereocenters. The predicted octanol–water partition coefficient (Wildman–Crippen LogP) is -1.53. The van der Waals surface area contributed by atoms with Crippen molar-refractivity contribution in [3.63, 3.8) is 0 Å². The van der Waals surface area contributed by atoms with E-state index in [9.17, 15) is 38.2 Å². The zero-order valence-electron chi connectivity index (χ0n) is 20.1. The molecule has 3 aliphatic carbocycles. The molecule has 14 nitrogen and oxygen atoms in total. The van der Waals surface area contributed by atoms with Crippen LogP contribution in [-0.2, 0) is 38.3 Å². The van der Waals surface area contributed by atoms with Gasteiger partial charge in [0.2, 0.25) is 0 Å². The summed E-state index contributed by atoms with van der Waals surface area (Å²) in [4.78, 5) is 12.8. The highest BCUT2D eigenvalue weighted by atomic mass is 32.3. The first-order valence-electron chi connectivity index (χ1n) is 12.1. The maximum Gasteiger partial charge on any atom is 0.400 e. The van der Waals surface area contributed by atoms with Gasteiger partial charge in [0.15, 0.2) is 18.4 Å². The van der Waals surface area contributed by atoms with Gasteiger partial charge in [0.25, 0.3) is 0 Å². The number of aliphatic hydroxyl groups excluding tert-OH is 4. The van der Waals surface area contributed by atoms with Gasteiger partial charge in [-0.25, -0.2) is 8.98 Å². The Morgan fingerprint density at radius 1 is 1.11 bits per heavy atom. The van der Waals surface area contributed by atoms with Gasteiger partial charge in [-0.05, 0) is 25.5 Å². The van der Waals surface area contributed by atoms with E-state index >= 15 is 0 Å². The van der Waals surface area contributed by atoms with Crippen molar-refractivity contribution in [2.45, 2.75) is 73.8 Å². The Balaban J connectivity index is 1.36. The number of hydrogen-bond acceptors (Lipinski definition) is 13. The highest BCUT2D eigenvalue weighted by Gasteiger charge is 2.95. The summed E-state index contributed by atoms with van der Waals surface area (Å²) in [6.45, 7) is 0.551. The molecule has 0 amide bonds. The largest absolute Gasteiger partial charge is 0.461 e. The maximum atomic E-state index is 12.8. The minimum absolute atomic E-state index is 0.0213. The minimum Gasteiger partial charge on any atom is -0.461 e. The first-order valence-corrected chi connectivity index (χ1v) is 13.4. The molecule has 7 aliphatic rings. The molecule has 3 saturated carbocycles. The molecule has 4 heterocycles. The maximum absolute atomic E-state index is 12.8. The molecule has 0 radical (unpaired) electrons. The van der Waals surface area contributed by atoms with Crippen molar-refractivity contribution in [3.05, 3.63) is 35.9 Å². The summed E-state index contributed by atoms with van der Waals surface area (Å²) in [6.07, 6.45) is -9.24. The second-order valence-electron chi connectivity index (χ2n) is 10.7. The van der Waals surface area contributed by atoms with Crippen molar-refractivity contribution in [1.29, 1.82) is 0 Å². The van der Waals surface area contributed by atoms with Crippen molar-refractivity contribution in [2.24, 2.45) is 11.3 Å². The quantitative estimate of drug-likeness (QED) is 0.181. The summed E-state index contributed by atoms with van der Waals surface area (Å²) in [7, 11) is -4.97. The van der Waals surface area contributed by atoms with Crippen LogP contribution in [0.15, 0.2) is 30.3 Å². The summed E-state index contributed by atoms with van der Waals surface area (Å²) in [5.74, 6) is -3.31. The number of benzene rings is 1. The number of ether oxygens (including phenoxy) is 5. The lowest BCUT2D eigenvalue weighted by Crippen LogP contribution is -2.81. The Hall–Kier alpha value is -1.76. The summed E-state index contributed by atoms with van der Waals surface area (Å²) in [5.41, 5.74) is -3.87. The first kappa shape index (κ1) is 26.5. The monoisotopic (exact) mass is 560 g/mol. The SMILES string of the molecule is CC12CC3(OS(=O)(=O)O)OC(O1)C1(COC(=O)c4ccccc4)C3CC21OC1OC(CO)C(O)C(O)C1O. The number of carbonyl (C=O) groups is 1. The molecule has 1 aromatic carbocycles. The Morgan fingerprint density at radius 3 is 2.47 bits per heavy atom. The summed E-state index contributed by atoms with van der Waals surface area (Å²) in [5, 5.41) is 40.7. The van der Waals surface area contributed by atoms with Crippen LogP contribution in [0.25, 0.3) is 0 Å². The fourth-order valence-electron chi connectivity index (χ4n) is 7.13. The van der Waals surface area contributed by atoms with Gasteiger partial charge in [0, 0.05) is 12.3 Å². The van der Waals surface area contributed by atoms with Gasteiger partial charge in [-0.2, -0.15) is 8.42 Å². The number of carbonyl (C=O) groups excluding carboxylic acids is 1. The fourth-order valence-corrected chi connectivity index (χ4v) is 7.70. The van der Waals surface area contributed by atoms with Crippen LogP contribution >= 0.6 is 0 Å². The number of hydrogen-bond donors (Lipinski definition) is 5. The van der Waals surface area contributed by atoms with Crippen LogP contribution < -0.4 is 0 Å². The molecule has 15 heteroatoms. The number of esters is 1. The van der Waals surface area contributed by atoms with Crippen LogP contribution in [0.1, 0.15) is 30.1 Å². The third kappa shape index (κ3) is 3.35. The molecule has 4 saturated heterocycles. The van der Waals surface area contributed by atoms with Gasteiger partial charge in [0.05, 0.1) is 17.6 Å². The highest BCUT2D eigenvalue weighted by Crippen LogP contribution is 2.82. The van der Waals surface area contributed by atoms with Crippen LogP contribution in [0.3, 0.4) is 0 Å². The Labute approximate surface area is 216 Å². The molecule has 6 bridgehead atoms. The van der Waals surface area contributed by atoms with Crippen LogP contribution in [0.2, 0.25) is 0 Å². The van der Waals surface area contributed by atoms with Crippen molar-refractivity contribution in [2.75, 3.05) is 13.2 Å². The lowest BCUT2D eigenvalue weighted by molar-refractivity contribution is -0.419. The average molecular weight is 561 g/mol. The molecule has 8 rings (SSSR count). The number of aliphatic hydroxyl groups is 4. The van der Waals surface area contributed by atoms with Crippen molar-refractivity contribution < 1.29 is 66.1 Å². The summed E-state index contributed by atoms with van der Waals surface area (Å²) < 4.78 is 67.7.